The number of aldehydes is 1. The average Bonchev–Trinajstić information content (AvgIpc) is 2.30. The third-order valence-corrected chi connectivity index (χ3v) is 1.77. The van der Waals surface area contributed by atoms with E-state index in [0.717, 1.165) is 11.2 Å². The van der Waals surface area contributed by atoms with Crippen molar-refractivity contribution in [1.29, 1.82) is 0 Å². The highest BCUT2D eigenvalue weighted by Gasteiger charge is 2.32. The molecule has 0 aliphatic carbocycles. The summed E-state index contributed by atoms with van der Waals surface area (Å²) in [6.07, 6.45) is 1.02. The van der Waals surface area contributed by atoms with E-state index in [1.807, 2.05) is 0 Å². The molecule has 1 heterocycles. The lowest BCUT2D eigenvalue weighted by Gasteiger charge is -2.11. The molecule has 0 aromatic carbocycles. The van der Waals surface area contributed by atoms with Crippen LogP contribution >= 0.6 is 0 Å². The van der Waals surface area contributed by atoms with Gasteiger partial charge in [-0.25, -0.2) is 4.79 Å². The highest BCUT2D eigenvalue weighted by molar-refractivity contribution is 6.01. The fourth-order valence-electron chi connectivity index (χ4n) is 1.04. The van der Waals surface area contributed by atoms with Crippen LogP contribution in [0.2, 0.25) is 0 Å². The van der Waals surface area contributed by atoms with E-state index in [2.05, 4.69) is 0 Å². The van der Waals surface area contributed by atoms with E-state index in [1.165, 1.54) is 11.9 Å². The first-order valence-corrected chi connectivity index (χ1v) is 3.66. The molecule has 1 fully saturated rings. The van der Waals surface area contributed by atoms with Gasteiger partial charge in [-0.05, 0) is 0 Å². The zero-order valence-electron chi connectivity index (χ0n) is 6.82. The molecule has 0 unspecified atom stereocenters. The van der Waals surface area contributed by atoms with Crippen LogP contribution in [0.25, 0.3) is 0 Å². The molecule has 0 spiro atoms. The molecule has 0 radical (unpaired) electrons. The maximum Gasteiger partial charge on any atom is 0.326 e. The monoisotopic (exact) mass is 170 g/mol. The third kappa shape index (κ3) is 1.44. The second-order valence-electron chi connectivity index (χ2n) is 2.61. The van der Waals surface area contributed by atoms with Crippen LogP contribution in [-0.4, -0.2) is 48.2 Å². The number of likely N-dealkylation sites (N-methyl/N-ethyl adjacent to an activating group) is 1. The number of rotatable bonds is 3. The van der Waals surface area contributed by atoms with Gasteiger partial charge in [0.2, 0.25) is 5.91 Å². The minimum absolute atomic E-state index is 0.100. The maximum atomic E-state index is 11.1. The van der Waals surface area contributed by atoms with Crippen LogP contribution in [0, 0.1) is 0 Å². The van der Waals surface area contributed by atoms with Gasteiger partial charge in [-0.2, -0.15) is 0 Å². The molecule has 0 bridgehead atoms. The number of carbonyl (C=O) groups excluding carboxylic acids is 3. The Kier molecular flexibility index (Phi) is 2.42. The van der Waals surface area contributed by atoms with E-state index < -0.39 is 0 Å². The molecule has 1 aliphatic rings. The lowest BCUT2D eigenvalue weighted by molar-refractivity contribution is -0.124. The zero-order chi connectivity index (χ0) is 9.14. The second-order valence-corrected chi connectivity index (χ2v) is 2.61. The summed E-state index contributed by atoms with van der Waals surface area (Å²) >= 11 is 0. The second kappa shape index (κ2) is 3.34. The van der Waals surface area contributed by atoms with E-state index >= 15 is 0 Å². The number of carbonyl (C=O) groups is 3. The quantitative estimate of drug-likeness (QED) is 0.422. The number of hydrogen-bond acceptors (Lipinski definition) is 3. The lowest BCUT2D eigenvalue weighted by atomic mass is 10.4. The molecule has 0 aromatic heterocycles. The molecule has 5 nitrogen and oxygen atoms in total. The highest BCUT2D eigenvalue weighted by atomic mass is 16.2. The van der Waals surface area contributed by atoms with Crippen molar-refractivity contribution in [2.24, 2.45) is 0 Å². The van der Waals surface area contributed by atoms with Crippen LogP contribution in [0.15, 0.2) is 0 Å². The van der Waals surface area contributed by atoms with E-state index in [0.29, 0.717) is 6.54 Å². The molecule has 3 amide bonds. The lowest BCUT2D eigenvalue weighted by Crippen LogP contribution is -2.30. The topological polar surface area (TPSA) is 57.7 Å². The van der Waals surface area contributed by atoms with Crippen LogP contribution in [0.3, 0.4) is 0 Å². The third-order valence-electron chi connectivity index (χ3n) is 1.77. The number of hydrogen-bond donors (Lipinski definition) is 0. The van der Waals surface area contributed by atoms with Crippen LogP contribution in [-0.2, 0) is 9.59 Å². The summed E-state index contributed by atoms with van der Waals surface area (Å²) < 4.78 is 0. The zero-order valence-corrected chi connectivity index (χ0v) is 6.82. The van der Waals surface area contributed by atoms with Crippen molar-refractivity contribution in [3.8, 4) is 0 Å². The standard InChI is InChI=1S/C7H10N2O3/c1-8-6(11)5-9(7(8)12)3-2-4-10/h4H,2-3,5H2,1H3. The number of nitrogens with zero attached hydrogens (tertiary/aromatic N) is 2. The van der Waals surface area contributed by atoms with Crippen molar-refractivity contribution in [3.63, 3.8) is 0 Å². The van der Waals surface area contributed by atoms with Crippen LogP contribution in [0.4, 0.5) is 4.79 Å². The van der Waals surface area contributed by atoms with Gasteiger partial charge in [-0.3, -0.25) is 9.69 Å². The summed E-state index contributed by atoms with van der Waals surface area (Å²) in [4.78, 5) is 34.5. The summed E-state index contributed by atoms with van der Waals surface area (Å²) in [6.45, 7) is 0.432. The Balaban J connectivity index is 2.52. The Morgan fingerprint density at radius 3 is 2.58 bits per heavy atom. The van der Waals surface area contributed by atoms with Crippen molar-refractivity contribution < 1.29 is 14.4 Å². The summed E-state index contributed by atoms with van der Waals surface area (Å²) in [5.74, 6) is -0.217. The number of urea groups is 1. The van der Waals surface area contributed by atoms with Crippen LogP contribution < -0.4 is 0 Å². The van der Waals surface area contributed by atoms with E-state index in [-0.39, 0.29) is 24.9 Å². The van der Waals surface area contributed by atoms with Crippen molar-refractivity contribution in [3.05, 3.63) is 0 Å². The Labute approximate surface area is 69.9 Å². The fraction of sp³-hybridized carbons (Fsp3) is 0.571. The highest BCUT2D eigenvalue weighted by Crippen LogP contribution is 2.07. The molecular weight excluding hydrogens is 160 g/mol. The van der Waals surface area contributed by atoms with Crippen molar-refractivity contribution >= 4 is 18.2 Å². The van der Waals surface area contributed by atoms with Gasteiger partial charge in [0.25, 0.3) is 0 Å². The SMILES string of the molecule is CN1C(=O)CN(CCC=O)C1=O. The number of amides is 3. The van der Waals surface area contributed by atoms with Gasteiger partial charge in [-0.15, -0.1) is 0 Å². The van der Waals surface area contributed by atoms with Gasteiger partial charge in [0.05, 0.1) is 0 Å². The molecule has 0 saturated carbocycles. The summed E-state index contributed by atoms with van der Waals surface area (Å²) in [7, 11) is 1.44. The fourth-order valence-corrected chi connectivity index (χ4v) is 1.04. The van der Waals surface area contributed by atoms with Gasteiger partial charge in [0.15, 0.2) is 0 Å². The average molecular weight is 170 g/mol. The largest absolute Gasteiger partial charge is 0.326 e. The minimum Gasteiger partial charge on any atom is -0.315 e. The Morgan fingerprint density at radius 2 is 2.17 bits per heavy atom. The van der Waals surface area contributed by atoms with Crippen molar-refractivity contribution in [2.75, 3.05) is 20.1 Å². The van der Waals surface area contributed by atoms with Crippen molar-refractivity contribution in [2.45, 2.75) is 6.42 Å². The molecule has 0 N–H and O–H groups in total. The molecule has 5 heteroatoms. The van der Waals surface area contributed by atoms with Gasteiger partial charge < -0.3 is 9.69 Å². The first-order chi connectivity index (χ1) is 5.66. The minimum atomic E-state index is -0.318. The summed E-state index contributed by atoms with van der Waals surface area (Å²) in [6, 6.07) is -0.318. The van der Waals surface area contributed by atoms with Crippen LogP contribution in [0.5, 0.6) is 0 Å². The predicted octanol–water partition coefficient (Wildman–Crippen LogP) is -0.531. The van der Waals surface area contributed by atoms with Crippen molar-refractivity contribution in [1.82, 2.24) is 9.80 Å². The molecular formula is C7H10N2O3. The molecule has 1 rings (SSSR count). The number of imide groups is 1. The Morgan fingerprint density at radius 1 is 1.50 bits per heavy atom. The molecule has 0 aromatic rings. The molecule has 1 saturated heterocycles. The van der Waals surface area contributed by atoms with Gasteiger partial charge in [-0.1, -0.05) is 0 Å². The molecule has 0 atom stereocenters. The molecule has 1 aliphatic heterocycles. The normalized spacial score (nSPS) is 17.4. The van der Waals surface area contributed by atoms with Gasteiger partial charge in [0, 0.05) is 20.0 Å². The van der Waals surface area contributed by atoms with Gasteiger partial charge >= 0.3 is 6.03 Å². The maximum absolute atomic E-state index is 11.1. The van der Waals surface area contributed by atoms with E-state index in [4.69, 9.17) is 0 Å². The Hall–Kier alpha value is -1.39. The Bertz CT molecular complexity index is 227. The first kappa shape index (κ1) is 8.70. The van der Waals surface area contributed by atoms with Crippen LogP contribution in [0.1, 0.15) is 6.42 Å². The van der Waals surface area contributed by atoms with E-state index in [1.54, 1.807) is 0 Å². The van der Waals surface area contributed by atoms with E-state index in [9.17, 15) is 14.4 Å². The smallest absolute Gasteiger partial charge is 0.315 e. The summed E-state index contributed by atoms with van der Waals surface area (Å²) in [5.41, 5.74) is 0. The summed E-state index contributed by atoms with van der Waals surface area (Å²) in [5, 5.41) is 0. The van der Waals surface area contributed by atoms with Gasteiger partial charge in [0.1, 0.15) is 12.8 Å². The molecule has 66 valence electrons. The predicted molar refractivity (Wildman–Crippen MR) is 40.4 cm³/mol. The molecule has 12 heavy (non-hydrogen) atoms. The first-order valence-electron chi connectivity index (χ1n) is 3.66.